The van der Waals surface area contributed by atoms with Crippen molar-refractivity contribution in [3.05, 3.63) is 83.9 Å². The molecule has 2 atom stereocenters. The minimum absolute atomic E-state index is 0.0309. The highest BCUT2D eigenvalue weighted by Gasteiger charge is 2.48. The van der Waals surface area contributed by atoms with Crippen molar-refractivity contribution >= 4 is 26.4 Å². The maximum atomic E-state index is 13.2. The van der Waals surface area contributed by atoms with Gasteiger partial charge in [-0.1, -0.05) is 36.4 Å². The number of benzene rings is 3. The summed E-state index contributed by atoms with van der Waals surface area (Å²) < 4.78 is 43.7. The lowest BCUT2D eigenvalue weighted by molar-refractivity contribution is 0.0957. The SMILES string of the molecule is CS(=O)(=O)c1cc2c(cc1Oc1ccccc1)C(=O)C(N)(S(=O)c1ccccc1)C2. The highest BCUT2D eigenvalue weighted by molar-refractivity contribution is 7.90. The van der Waals surface area contributed by atoms with Crippen LogP contribution in [0.5, 0.6) is 11.5 Å². The third-order valence-electron chi connectivity index (χ3n) is 4.91. The Kier molecular flexibility index (Phi) is 5.09. The van der Waals surface area contributed by atoms with Crippen molar-refractivity contribution in [1.29, 1.82) is 0 Å². The van der Waals surface area contributed by atoms with Crippen LogP contribution in [0.15, 0.2) is 82.6 Å². The molecule has 0 radical (unpaired) electrons. The normalized spacial score (nSPS) is 19.3. The molecule has 0 heterocycles. The quantitative estimate of drug-likeness (QED) is 0.653. The number of ketones is 1. The van der Waals surface area contributed by atoms with Crippen LogP contribution in [0.1, 0.15) is 15.9 Å². The van der Waals surface area contributed by atoms with Crippen molar-refractivity contribution in [3.8, 4) is 11.5 Å². The molecule has 4 rings (SSSR count). The maximum Gasteiger partial charge on any atom is 0.196 e. The van der Waals surface area contributed by atoms with E-state index in [1.165, 1.54) is 12.1 Å². The van der Waals surface area contributed by atoms with E-state index in [1.54, 1.807) is 60.7 Å². The van der Waals surface area contributed by atoms with Crippen LogP contribution in [0.25, 0.3) is 0 Å². The molecule has 1 aliphatic carbocycles. The van der Waals surface area contributed by atoms with Gasteiger partial charge in [0.05, 0.1) is 10.8 Å². The predicted molar refractivity (Wildman–Crippen MR) is 114 cm³/mol. The van der Waals surface area contributed by atoms with E-state index in [0.29, 0.717) is 16.2 Å². The summed E-state index contributed by atoms with van der Waals surface area (Å²) in [5.41, 5.74) is 7.01. The molecule has 0 aromatic heterocycles. The summed E-state index contributed by atoms with van der Waals surface area (Å²) in [6, 6.07) is 20.0. The van der Waals surface area contributed by atoms with Crippen molar-refractivity contribution < 1.29 is 22.2 Å². The summed E-state index contributed by atoms with van der Waals surface area (Å²) >= 11 is 0. The number of fused-ring (bicyclic) bond motifs is 1. The lowest BCUT2D eigenvalue weighted by Crippen LogP contribution is -2.50. The Morgan fingerprint density at radius 2 is 1.60 bits per heavy atom. The highest BCUT2D eigenvalue weighted by Crippen LogP contribution is 2.39. The van der Waals surface area contributed by atoms with Crippen LogP contribution in [0, 0.1) is 0 Å². The number of hydrogen-bond acceptors (Lipinski definition) is 6. The average molecular weight is 442 g/mol. The number of ether oxygens (including phenoxy) is 1. The van der Waals surface area contributed by atoms with Gasteiger partial charge in [0.15, 0.2) is 20.5 Å². The third kappa shape index (κ3) is 3.58. The molecular weight excluding hydrogens is 422 g/mol. The molecule has 154 valence electrons. The smallest absolute Gasteiger partial charge is 0.196 e. The van der Waals surface area contributed by atoms with Crippen LogP contribution >= 0.6 is 0 Å². The van der Waals surface area contributed by atoms with E-state index < -0.39 is 31.3 Å². The van der Waals surface area contributed by atoms with Crippen molar-refractivity contribution in [3.63, 3.8) is 0 Å². The standard InChI is InChI=1S/C22H19NO5S2/c1-30(26,27)20-12-15-14-22(23,29(25)17-10-6-3-7-11-17)21(24)18(15)13-19(20)28-16-8-4-2-5-9-16/h2-13H,14,23H2,1H3. The van der Waals surface area contributed by atoms with Gasteiger partial charge in [-0.05, 0) is 42.0 Å². The Labute approximate surface area is 177 Å². The number of sulfone groups is 1. The van der Waals surface area contributed by atoms with Gasteiger partial charge in [-0.2, -0.15) is 0 Å². The Bertz CT molecular complexity index is 1260. The summed E-state index contributed by atoms with van der Waals surface area (Å²) in [6.45, 7) is 0. The second kappa shape index (κ2) is 7.46. The van der Waals surface area contributed by atoms with E-state index in [9.17, 15) is 17.4 Å². The second-order valence-corrected chi connectivity index (χ2v) is 10.8. The molecule has 0 bridgehead atoms. The van der Waals surface area contributed by atoms with Gasteiger partial charge in [-0.25, -0.2) is 8.42 Å². The van der Waals surface area contributed by atoms with E-state index in [2.05, 4.69) is 0 Å². The van der Waals surface area contributed by atoms with Crippen LogP contribution in [0.3, 0.4) is 0 Å². The summed E-state index contributed by atoms with van der Waals surface area (Å²) in [5, 5.41) is 0. The number of nitrogens with two attached hydrogens (primary N) is 1. The first-order valence-electron chi connectivity index (χ1n) is 9.10. The van der Waals surface area contributed by atoms with E-state index in [-0.39, 0.29) is 22.6 Å². The number of hydrogen-bond donors (Lipinski definition) is 1. The van der Waals surface area contributed by atoms with Gasteiger partial charge in [-0.3, -0.25) is 9.00 Å². The van der Waals surface area contributed by atoms with E-state index in [4.69, 9.17) is 10.5 Å². The molecule has 0 aliphatic heterocycles. The number of para-hydroxylation sites is 1. The summed E-state index contributed by atoms with van der Waals surface area (Å²) in [7, 11) is -5.47. The van der Waals surface area contributed by atoms with Gasteiger partial charge in [0.2, 0.25) is 0 Å². The number of carbonyl (C=O) groups excluding carboxylic acids is 1. The van der Waals surface area contributed by atoms with Gasteiger partial charge in [-0.15, -0.1) is 0 Å². The Hall–Kier alpha value is -2.81. The zero-order valence-corrected chi connectivity index (χ0v) is 17.7. The molecule has 30 heavy (non-hydrogen) atoms. The van der Waals surface area contributed by atoms with Gasteiger partial charge >= 0.3 is 0 Å². The molecule has 2 N–H and O–H groups in total. The lowest BCUT2D eigenvalue weighted by Gasteiger charge is -2.21. The fourth-order valence-corrected chi connectivity index (χ4v) is 5.65. The molecule has 0 saturated carbocycles. The molecule has 3 aromatic rings. The molecule has 0 amide bonds. The van der Waals surface area contributed by atoms with Gasteiger partial charge in [0.25, 0.3) is 0 Å². The van der Waals surface area contributed by atoms with Gasteiger partial charge < -0.3 is 10.5 Å². The predicted octanol–water partition coefficient (Wildman–Crippen LogP) is 3.08. The molecule has 3 aromatic carbocycles. The summed E-state index contributed by atoms with van der Waals surface area (Å²) in [5.74, 6) is -0.0390. The topological polar surface area (TPSA) is 104 Å². The first-order valence-corrected chi connectivity index (χ1v) is 12.1. The van der Waals surface area contributed by atoms with Gasteiger partial charge in [0, 0.05) is 23.1 Å². The minimum atomic E-state index is -3.66. The van der Waals surface area contributed by atoms with E-state index in [1.807, 2.05) is 0 Å². The molecule has 6 nitrogen and oxygen atoms in total. The van der Waals surface area contributed by atoms with Crippen LogP contribution in [0.2, 0.25) is 0 Å². The number of rotatable bonds is 5. The maximum absolute atomic E-state index is 13.2. The largest absolute Gasteiger partial charge is 0.456 e. The van der Waals surface area contributed by atoms with Crippen LogP contribution < -0.4 is 10.5 Å². The molecule has 8 heteroatoms. The molecule has 0 saturated heterocycles. The number of Topliss-reactive ketones (excluding diaryl/α,β-unsaturated/α-hetero) is 1. The monoisotopic (exact) mass is 441 g/mol. The van der Waals surface area contributed by atoms with Crippen molar-refractivity contribution in [1.82, 2.24) is 0 Å². The lowest BCUT2D eigenvalue weighted by atomic mass is 10.1. The van der Waals surface area contributed by atoms with Crippen molar-refractivity contribution in [2.24, 2.45) is 5.73 Å². The van der Waals surface area contributed by atoms with Crippen molar-refractivity contribution in [2.45, 2.75) is 21.1 Å². The van der Waals surface area contributed by atoms with Crippen LogP contribution in [0.4, 0.5) is 0 Å². The first-order chi connectivity index (χ1) is 14.2. The first kappa shape index (κ1) is 20.5. The van der Waals surface area contributed by atoms with Crippen LogP contribution in [-0.2, 0) is 27.1 Å². The molecule has 0 spiro atoms. The molecule has 0 fully saturated rings. The fourth-order valence-electron chi connectivity index (χ4n) is 3.44. The molecule has 1 aliphatic rings. The van der Waals surface area contributed by atoms with Crippen LogP contribution in [-0.4, -0.2) is 29.5 Å². The second-order valence-electron chi connectivity index (χ2n) is 7.12. The van der Waals surface area contributed by atoms with E-state index in [0.717, 1.165) is 6.26 Å². The Balaban J connectivity index is 1.80. The van der Waals surface area contributed by atoms with E-state index >= 15 is 0 Å². The summed E-state index contributed by atoms with van der Waals surface area (Å²) in [4.78, 5) is 11.9. The molecular formula is C22H19NO5S2. The zero-order valence-electron chi connectivity index (χ0n) is 16.1. The zero-order chi connectivity index (χ0) is 21.5. The minimum Gasteiger partial charge on any atom is -0.456 e. The summed E-state index contributed by atoms with van der Waals surface area (Å²) in [6.07, 6.45) is 1.04. The Morgan fingerprint density at radius 3 is 2.20 bits per heavy atom. The van der Waals surface area contributed by atoms with Crippen molar-refractivity contribution in [2.75, 3.05) is 6.26 Å². The average Bonchev–Trinajstić information content (AvgIpc) is 2.98. The number of carbonyl (C=O) groups is 1. The molecule has 2 unspecified atom stereocenters. The third-order valence-corrected chi connectivity index (χ3v) is 7.72. The Morgan fingerprint density at radius 1 is 1.00 bits per heavy atom. The van der Waals surface area contributed by atoms with Gasteiger partial charge in [0.1, 0.15) is 16.4 Å². The fraction of sp³-hybridized carbons (Fsp3) is 0.136. The highest BCUT2D eigenvalue weighted by atomic mass is 32.2.